The van der Waals surface area contributed by atoms with Gasteiger partial charge in [0.2, 0.25) is 0 Å². The molecular formula is C12H17NO. The Bertz CT molecular complexity index is 286. The Hall–Kier alpha value is -0.860. The van der Waals surface area contributed by atoms with Gasteiger partial charge in [-0.15, -0.1) is 0 Å². The van der Waals surface area contributed by atoms with Gasteiger partial charge in [-0.1, -0.05) is 29.8 Å². The molecule has 0 amide bonds. The smallest absolute Gasteiger partial charge is 0.0950 e. The lowest BCUT2D eigenvalue weighted by Gasteiger charge is -2.28. The molecule has 14 heavy (non-hydrogen) atoms. The van der Waals surface area contributed by atoms with E-state index in [4.69, 9.17) is 4.74 Å². The molecule has 0 saturated carbocycles. The topological polar surface area (TPSA) is 21.3 Å². The number of morpholine rings is 1. The maximum Gasteiger partial charge on any atom is 0.0950 e. The van der Waals surface area contributed by atoms with Crippen LogP contribution in [0, 0.1) is 6.92 Å². The summed E-state index contributed by atoms with van der Waals surface area (Å²) < 4.78 is 5.75. The van der Waals surface area contributed by atoms with Gasteiger partial charge in [0.15, 0.2) is 0 Å². The van der Waals surface area contributed by atoms with E-state index in [0.29, 0.717) is 6.04 Å². The van der Waals surface area contributed by atoms with Gasteiger partial charge >= 0.3 is 0 Å². The molecule has 2 nitrogen and oxygen atoms in total. The number of ether oxygens (including phenoxy) is 1. The second-order valence-corrected chi connectivity index (χ2v) is 4.04. The third-order valence-corrected chi connectivity index (χ3v) is 2.65. The maximum atomic E-state index is 5.75. The molecule has 1 N–H and O–H groups in total. The largest absolute Gasteiger partial charge is 0.371 e. The molecule has 2 atom stereocenters. The van der Waals surface area contributed by atoms with Crippen LogP contribution in [-0.2, 0) is 4.74 Å². The Morgan fingerprint density at radius 1 is 1.29 bits per heavy atom. The normalized spacial score (nSPS) is 27.6. The Kier molecular flexibility index (Phi) is 2.85. The molecule has 76 valence electrons. The third-order valence-electron chi connectivity index (χ3n) is 2.65. The van der Waals surface area contributed by atoms with Crippen LogP contribution >= 0.6 is 0 Å². The van der Waals surface area contributed by atoms with E-state index in [1.54, 1.807) is 0 Å². The summed E-state index contributed by atoms with van der Waals surface area (Å²) in [6, 6.07) is 9.06. The van der Waals surface area contributed by atoms with Crippen LogP contribution in [0.3, 0.4) is 0 Å². The van der Waals surface area contributed by atoms with Crippen LogP contribution in [-0.4, -0.2) is 19.2 Å². The van der Waals surface area contributed by atoms with Crippen LogP contribution in [0.1, 0.15) is 24.2 Å². The molecule has 0 aromatic heterocycles. The number of nitrogens with one attached hydrogen (secondary N) is 1. The predicted octanol–water partition coefficient (Wildman–Crippen LogP) is 2.04. The predicted molar refractivity (Wildman–Crippen MR) is 57.3 cm³/mol. The highest BCUT2D eigenvalue weighted by Gasteiger charge is 2.18. The summed E-state index contributed by atoms with van der Waals surface area (Å²) >= 11 is 0. The molecule has 2 heteroatoms. The van der Waals surface area contributed by atoms with Crippen molar-refractivity contribution in [1.82, 2.24) is 5.32 Å². The summed E-state index contributed by atoms with van der Waals surface area (Å²) in [5.74, 6) is 0. The summed E-state index contributed by atoms with van der Waals surface area (Å²) in [5.41, 5.74) is 2.57. The number of rotatable bonds is 1. The van der Waals surface area contributed by atoms with Crippen molar-refractivity contribution in [2.45, 2.75) is 26.0 Å². The molecule has 1 aromatic rings. The monoisotopic (exact) mass is 191 g/mol. The average molecular weight is 191 g/mol. The minimum atomic E-state index is 0.229. The van der Waals surface area contributed by atoms with Crippen molar-refractivity contribution in [3.05, 3.63) is 35.4 Å². The van der Waals surface area contributed by atoms with Crippen molar-refractivity contribution in [3.8, 4) is 0 Å². The zero-order chi connectivity index (χ0) is 9.97. The zero-order valence-corrected chi connectivity index (χ0v) is 8.79. The van der Waals surface area contributed by atoms with Crippen molar-refractivity contribution in [3.63, 3.8) is 0 Å². The van der Waals surface area contributed by atoms with E-state index in [9.17, 15) is 0 Å². The Labute approximate surface area is 85.3 Å². The molecule has 0 unspecified atom stereocenters. The molecule has 1 aromatic carbocycles. The number of benzene rings is 1. The minimum Gasteiger partial charge on any atom is -0.371 e. The lowest BCUT2D eigenvalue weighted by molar-refractivity contribution is 0.00695. The second kappa shape index (κ2) is 4.11. The summed E-state index contributed by atoms with van der Waals surface area (Å²) in [7, 11) is 0. The van der Waals surface area contributed by atoms with E-state index in [0.717, 1.165) is 13.2 Å². The van der Waals surface area contributed by atoms with Crippen molar-refractivity contribution in [2.75, 3.05) is 13.2 Å². The van der Waals surface area contributed by atoms with Crippen LogP contribution < -0.4 is 5.32 Å². The summed E-state index contributed by atoms with van der Waals surface area (Å²) in [4.78, 5) is 0. The molecule has 1 aliphatic heterocycles. The van der Waals surface area contributed by atoms with Gasteiger partial charge < -0.3 is 10.1 Å². The van der Waals surface area contributed by atoms with Crippen LogP contribution in [0.4, 0.5) is 0 Å². The van der Waals surface area contributed by atoms with Crippen molar-refractivity contribution in [1.29, 1.82) is 0 Å². The first kappa shape index (κ1) is 9.69. The van der Waals surface area contributed by atoms with Gasteiger partial charge in [0.25, 0.3) is 0 Å². The Balaban J connectivity index is 2.05. The van der Waals surface area contributed by atoms with Gasteiger partial charge in [-0.05, 0) is 19.4 Å². The SMILES string of the molecule is Cc1ccc([C@H]2CN[C@@H](C)CO2)cc1. The number of hydrogen-bond acceptors (Lipinski definition) is 2. The highest BCUT2D eigenvalue weighted by atomic mass is 16.5. The highest BCUT2D eigenvalue weighted by molar-refractivity contribution is 5.23. The highest BCUT2D eigenvalue weighted by Crippen LogP contribution is 2.20. The van der Waals surface area contributed by atoms with Gasteiger partial charge in [0.1, 0.15) is 0 Å². The number of aryl methyl sites for hydroxylation is 1. The van der Waals surface area contributed by atoms with Crippen molar-refractivity contribution in [2.24, 2.45) is 0 Å². The molecule has 0 aliphatic carbocycles. The molecule has 1 aliphatic rings. The quantitative estimate of drug-likeness (QED) is 0.733. The minimum absolute atomic E-state index is 0.229. The first-order valence-corrected chi connectivity index (χ1v) is 5.17. The van der Waals surface area contributed by atoms with E-state index in [-0.39, 0.29) is 6.10 Å². The maximum absolute atomic E-state index is 5.75. The fourth-order valence-corrected chi connectivity index (χ4v) is 1.68. The fourth-order valence-electron chi connectivity index (χ4n) is 1.68. The van der Waals surface area contributed by atoms with Crippen LogP contribution in [0.15, 0.2) is 24.3 Å². The summed E-state index contributed by atoms with van der Waals surface area (Å²) in [5, 5.41) is 3.42. The van der Waals surface area contributed by atoms with Gasteiger partial charge in [-0.2, -0.15) is 0 Å². The number of hydrogen-bond donors (Lipinski definition) is 1. The van der Waals surface area contributed by atoms with E-state index >= 15 is 0 Å². The van der Waals surface area contributed by atoms with E-state index in [1.807, 2.05) is 0 Å². The van der Waals surface area contributed by atoms with E-state index in [2.05, 4.69) is 43.4 Å². The zero-order valence-electron chi connectivity index (χ0n) is 8.79. The molecule has 0 spiro atoms. The molecular weight excluding hydrogens is 174 g/mol. The average Bonchev–Trinajstić information content (AvgIpc) is 2.21. The molecule has 1 fully saturated rings. The molecule has 0 bridgehead atoms. The third kappa shape index (κ3) is 2.14. The van der Waals surface area contributed by atoms with Gasteiger partial charge in [0.05, 0.1) is 12.7 Å². The van der Waals surface area contributed by atoms with E-state index in [1.165, 1.54) is 11.1 Å². The molecule has 1 saturated heterocycles. The Morgan fingerprint density at radius 3 is 2.57 bits per heavy atom. The van der Waals surface area contributed by atoms with Gasteiger partial charge in [-0.3, -0.25) is 0 Å². The first-order valence-electron chi connectivity index (χ1n) is 5.17. The first-order chi connectivity index (χ1) is 6.75. The molecule has 1 heterocycles. The van der Waals surface area contributed by atoms with Crippen molar-refractivity contribution < 1.29 is 4.74 Å². The lowest BCUT2D eigenvalue weighted by atomic mass is 10.1. The molecule has 2 rings (SSSR count). The van der Waals surface area contributed by atoms with E-state index < -0.39 is 0 Å². The van der Waals surface area contributed by atoms with Gasteiger partial charge in [-0.25, -0.2) is 0 Å². The Morgan fingerprint density at radius 2 is 2.00 bits per heavy atom. The van der Waals surface area contributed by atoms with Gasteiger partial charge in [0, 0.05) is 12.6 Å². The lowest BCUT2D eigenvalue weighted by Crippen LogP contribution is -2.40. The summed E-state index contributed by atoms with van der Waals surface area (Å²) in [6.45, 7) is 5.97. The van der Waals surface area contributed by atoms with Crippen LogP contribution in [0.5, 0.6) is 0 Å². The second-order valence-electron chi connectivity index (χ2n) is 4.04. The van der Waals surface area contributed by atoms with Crippen molar-refractivity contribution >= 4 is 0 Å². The van der Waals surface area contributed by atoms with Crippen LogP contribution in [0.25, 0.3) is 0 Å². The standard InChI is InChI=1S/C12H17NO/c1-9-3-5-11(6-4-9)12-7-13-10(2)8-14-12/h3-6,10,12-13H,7-8H2,1-2H3/t10-,12+/m0/s1. The molecule has 0 radical (unpaired) electrons. The fraction of sp³-hybridized carbons (Fsp3) is 0.500. The summed E-state index contributed by atoms with van der Waals surface area (Å²) in [6.07, 6.45) is 0.229. The van der Waals surface area contributed by atoms with Crippen LogP contribution in [0.2, 0.25) is 0 Å².